The summed E-state index contributed by atoms with van der Waals surface area (Å²) >= 11 is 1.51. The van der Waals surface area contributed by atoms with Crippen molar-refractivity contribution in [1.82, 2.24) is 15.2 Å². The summed E-state index contributed by atoms with van der Waals surface area (Å²) in [4.78, 5) is 29.9. The highest BCUT2D eigenvalue weighted by atomic mass is 32.1. The molecular formula is C13H19N3O3S. The lowest BCUT2D eigenvalue weighted by Crippen LogP contribution is -2.49. The third-order valence-electron chi connectivity index (χ3n) is 3.54. The van der Waals surface area contributed by atoms with E-state index >= 15 is 0 Å². The number of carboxylic acids is 1. The summed E-state index contributed by atoms with van der Waals surface area (Å²) in [6.45, 7) is 2.99. The van der Waals surface area contributed by atoms with Crippen LogP contribution >= 0.6 is 11.3 Å². The Morgan fingerprint density at radius 3 is 3.00 bits per heavy atom. The van der Waals surface area contributed by atoms with Crippen LogP contribution in [0.1, 0.15) is 36.3 Å². The summed E-state index contributed by atoms with van der Waals surface area (Å²) in [5, 5.41) is 11.8. The first-order valence-corrected chi connectivity index (χ1v) is 7.61. The maximum atomic E-state index is 12.2. The molecule has 1 aromatic rings. The van der Waals surface area contributed by atoms with E-state index in [4.69, 9.17) is 5.11 Å². The number of carboxylic acid groups (broad SMARTS) is 1. The van der Waals surface area contributed by atoms with E-state index in [0.717, 1.165) is 29.8 Å². The molecule has 0 spiro atoms. The lowest BCUT2D eigenvalue weighted by Gasteiger charge is -2.34. The molecule has 110 valence electrons. The van der Waals surface area contributed by atoms with Crippen molar-refractivity contribution in [1.29, 1.82) is 0 Å². The first-order valence-electron chi connectivity index (χ1n) is 6.73. The number of likely N-dealkylation sites (tertiary alicyclic amines) is 1. The molecule has 1 atom stereocenters. The molecule has 1 fully saturated rings. The molecule has 7 heteroatoms. The van der Waals surface area contributed by atoms with E-state index in [1.54, 1.807) is 10.4 Å². The molecule has 1 aromatic heterocycles. The minimum Gasteiger partial charge on any atom is -0.481 e. The fourth-order valence-electron chi connectivity index (χ4n) is 2.44. The molecule has 1 aliphatic rings. The zero-order valence-electron chi connectivity index (χ0n) is 11.5. The average Bonchev–Trinajstić information content (AvgIpc) is 2.81. The molecule has 0 radical (unpaired) electrons. The maximum absolute atomic E-state index is 12.2. The number of hydrogen-bond donors (Lipinski definition) is 2. The summed E-state index contributed by atoms with van der Waals surface area (Å²) in [6.07, 6.45) is 2.70. The Morgan fingerprint density at radius 2 is 2.35 bits per heavy atom. The first-order chi connectivity index (χ1) is 9.58. The van der Waals surface area contributed by atoms with Gasteiger partial charge in [0.15, 0.2) is 0 Å². The van der Waals surface area contributed by atoms with E-state index < -0.39 is 5.97 Å². The molecule has 0 aliphatic carbocycles. The van der Waals surface area contributed by atoms with Crippen molar-refractivity contribution in [2.24, 2.45) is 0 Å². The number of nitrogens with one attached hydrogen (secondary N) is 1. The fourth-order valence-corrected chi connectivity index (χ4v) is 3.15. The second-order valence-corrected chi connectivity index (χ2v) is 5.90. The monoisotopic (exact) mass is 297 g/mol. The number of amides is 2. The van der Waals surface area contributed by atoms with E-state index in [0.29, 0.717) is 13.1 Å². The Morgan fingerprint density at radius 1 is 1.55 bits per heavy atom. The Hall–Kier alpha value is -1.63. The van der Waals surface area contributed by atoms with Crippen molar-refractivity contribution in [2.75, 3.05) is 6.54 Å². The zero-order chi connectivity index (χ0) is 14.5. The highest BCUT2D eigenvalue weighted by Gasteiger charge is 2.28. The number of nitrogens with zero attached hydrogens (tertiary/aromatic N) is 2. The van der Waals surface area contributed by atoms with Crippen LogP contribution in [0.15, 0.2) is 5.51 Å². The van der Waals surface area contributed by atoms with Crippen LogP contribution in [0, 0.1) is 6.92 Å². The molecular weight excluding hydrogens is 278 g/mol. The van der Waals surface area contributed by atoms with Gasteiger partial charge < -0.3 is 15.3 Å². The third-order valence-corrected chi connectivity index (χ3v) is 4.48. The van der Waals surface area contributed by atoms with Crippen molar-refractivity contribution in [2.45, 2.75) is 45.2 Å². The number of urea groups is 1. The third kappa shape index (κ3) is 3.69. The van der Waals surface area contributed by atoms with E-state index in [1.165, 1.54) is 11.3 Å². The molecule has 1 aliphatic heterocycles. The Labute approximate surface area is 121 Å². The zero-order valence-corrected chi connectivity index (χ0v) is 12.3. The van der Waals surface area contributed by atoms with E-state index in [-0.39, 0.29) is 18.5 Å². The summed E-state index contributed by atoms with van der Waals surface area (Å²) in [5.41, 5.74) is 2.68. The standard InChI is InChI=1S/C13H19N3O3S/c1-9-11(20-8-15-9)7-14-13(19)16-5-3-2-4-10(16)6-12(17)18/h8,10H,2-7H2,1H3,(H,14,19)(H,17,18). The van der Waals surface area contributed by atoms with Gasteiger partial charge in [0.2, 0.25) is 0 Å². The number of aryl methyl sites for hydroxylation is 1. The van der Waals surface area contributed by atoms with Crippen LogP contribution in [0.4, 0.5) is 4.79 Å². The number of hydrogen-bond acceptors (Lipinski definition) is 4. The highest BCUT2D eigenvalue weighted by molar-refractivity contribution is 7.09. The SMILES string of the molecule is Cc1ncsc1CNC(=O)N1CCCCC1CC(=O)O. The number of aromatic nitrogens is 1. The van der Waals surface area contributed by atoms with Gasteiger partial charge in [-0.15, -0.1) is 11.3 Å². The predicted molar refractivity (Wildman–Crippen MR) is 75.7 cm³/mol. The minimum atomic E-state index is -0.854. The molecule has 0 saturated carbocycles. The van der Waals surface area contributed by atoms with Crippen molar-refractivity contribution in [3.63, 3.8) is 0 Å². The normalized spacial score (nSPS) is 18.9. The highest BCUT2D eigenvalue weighted by Crippen LogP contribution is 2.20. The number of carbonyl (C=O) groups is 2. The van der Waals surface area contributed by atoms with Crippen LogP contribution in [-0.2, 0) is 11.3 Å². The van der Waals surface area contributed by atoms with Crippen LogP contribution < -0.4 is 5.32 Å². The largest absolute Gasteiger partial charge is 0.481 e. The van der Waals surface area contributed by atoms with Gasteiger partial charge in [-0.2, -0.15) is 0 Å². The Kier molecular flexibility index (Phi) is 4.94. The summed E-state index contributed by atoms with van der Waals surface area (Å²) in [7, 11) is 0. The molecule has 2 heterocycles. The van der Waals surface area contributed by atoms with Gasteiger partial charge in [-0.3, -0.25) is 4.79 Å². The van der Waals surface area contributed by atoms with Crippen molar-refractivity contribution >= 4 is 23.3 Å². The number of piperidine rings is 1. The fraction of sp³-hybridized carbons (Fsp3) is 0.615. The van der Waals surface area contributed by atoms with Gasteiger partial charge in [-0.1, -0.05) is 0 Å². The minimum absolute atomic E-state index is 0.0208. The van der Waals surface area contributed by atoms with E-state index in [2.05, 4.69) is 10.3 Å². The molecule has 20 heavy (non-hydrogen) atoms. The number of thiazole rings is 1. The molecule has 2 amide bonds. The van der Waals surface area contributed by atoms with Crippen molar-refractivity contribution in [3.05, 3.63) is 16.1 Å². The topological polar surface area (TPSA) is 82.5 Å². The molecule has 1 unspecified atom stereocenters. The van der Waals surface area contributed by atoms with Crippen LogP contribution in [0.5, 0.6) is 0 Å². The molecule has 0 bridgehead atoms. The van der Waals surface area contributed by atoms with Gasteiger partial charge in [0.25, 0.3) is 0 Å². The van der Waals surface area contributed by atoms with Gasteiger partial charge >= 0.3 is 12.0 Å². The molecule has 2 rings (SSSR count). The number of rotatable bonds is 4. The first kappa shape index (κ1) is 14.8. The van der Waals surface area contributed by atoms with Crippen molar-refractivity contribution in [3.8, 4) is 0 Å². The van der Waals surface area contributed by atoms with E-state index in [1.807, 2.05) is 6.92 Å². The molecule has 0 aromatic carbocycles. The van der Waals surface area contributed by atoms with Crippen LogP contribution in [0.25, 0.3) is 0 Å². The summed E-state index contributed by atoms with van der Waals surface area (Å²) in [6, 6.07) is -0.368. The Balaban J connectivity index is 1.92. The van der Waals surface area contributed by atoms with Gasteiger partial charge in [0, 0.05) is 17.5 Å². The number of aliphatic carboxylic acids is 1. The van der Waals surface area contributed by atoms with Gasteiger partial charge in [0.05, 0.1) is 24.2 Å². The molecule has 2 N–H and O–H groups in total. The Bertz CT molecular complexity index is 489. The van der Waals surface area contributed by atoms with Crippen LogP contribution in [-0.4, -0.2) is 39.6 Å². The molecule has 1 saturated heterocycles. The second-order valence-electron chi connectivity index (χ2n) is 4.96. The van der Waals surface area contributed by atoms with E-state index in [9.17, 15) is 9.59 Å². The predicted octanol–water partition coefficient (Wildman–Crippen LogP) is 1.99. The number of carbonyl (C=O) groups excluding carboxylic acids is 1. The maximum Gasteiger partial charge on any atom is 0.317 e. The van der Waals surface area contributed by atoms with Gasteiger partial charge in [-0.25, -0.2) is 9.78 Å². The summed E-state index contributed by atoms with van der Waals surface area (Å²) in [5.74, 6) is -0.854. The summed E-state index contributed by atoms with van der Waals surface area (Å²) < 4.78 is 0. The van der Waals surface area contributed by atoms with Gasteiger partial charge in [-0.05, 0) is 26.2 Å². The lowest BCUT2D eigenvalue weighted by molar-refractivity contribution is -0.138. The van der Waals surface area contributed by atoms with Gasteiger partial charge in [0.1, 0.15) is 0 Å². The quantitative estimate of drug-likeness (QED) is 0.890. The lowest BCUT2D eigenvalue weighted by atomic mass is 10.00. The smallest absolute Gasteiger partial charge is 0.317 e. The second kappa shape index (κ2) is 6.69. The average molecular weight is 297 g/mol. The molecule has 6 nitrogen and oxygen atoms in total. The van der Waals surface area contributed by atoms with Crippen LogP contribution in [0.2, 0.25) is 0 Å². The van der Waals surface area contributed by atoms with Crippen LogP contribution in [0.3, 0.4) is 0 Å². The van der Waals surface area contributed by atoms with Crippen molar-refractivity contribution < 1.29 is 14.7 Å².